The number of benzene rings is 2. The molecule has 7 heteroatoms. The molecule has 5 rings (SSSR count). The zero-order chi connectivity index (χ0) is 21.6. The Morgan fingerprint density at radius 3 is 2.52 bits per heavy atom. The largest absolute Gasteiger partial charge is 0.351 e. The van der Waals surface area contributed by atoms with Crippen molar-refractivity contribution in [3.8, 4) is 0 Å². The predicted octanol–water partition coefficient (Wildman–Crippen LogP) is 3.03. The van der Waals surface area contributed by atoms with Crippen molar-refractivity contribution in [1.29, 1.82) is 0 Å². The molecule has 3 amide bonds. The van der Waals surface area contributed by atoms with Gasteiger partial charge in [0.2, 0.25) is 0 Å². The van der Waals surface area contributed by atoms with E-state index in [9.17, 15) is 14.0 Å². The molecule has 3 aliphatic heterocycles. The Balaban J connectivity index is 1.36. The minimum atomic E-state index is -0.550. The van der Waals surface area contributed by atoms with E-state index in [-0.39, 0.29) is 29.7 Å². The lowest BCUT2D eigenvalue weighted by atomic mass is 9.78. The van der Waals surface area contributed by atoms with E-state index in [1.165, 1.54) is 17.0 Å². The first-order valence-electron chi connectivity index (χ1n) is 10.9. The summed E-state index contributed by atoms with van der Waals surface area (Å²) in [4.78, 5) is 28.6. The second kappa shape index (κ2) is 7.64. The van der Waals surface area contributed by atoms with Crippen molar-refractivity contribution in [3.63, 3.8) is 0 Å². The Morgan fingerprint density at radius 2 is 1.81 bits per heavy atom. The van der Waals surface area contributed by atoms with E-state index in [1.807, 2.05) is 29.2 Å². The highest BCUT2D eigenvalue weighted by Gasteiger charge is 2.40. The van der Waals surface area contributed by atoms with Crippen LogP contribution >= 0.6 is 0 Å². The molecule has 0 bridgehead atoms. The van der Waals surface area contributed by atoms with Crippen LogP contribution in [0.4, 0.5) is 9.18 Å². The lowest BCUT2D eigenvalue weighted by molar-refractivity contribution is 0.0761. The van der Waals surface area contributed by atoms with E-state index >= 15 is 0 Å². The van der Waals surface area contributed by atoms with E-state index in [0.29, 0.717) is 5.56 Å². The van der Waals surface area contributed by atoms with Gasteiger partial charge in [0.1, 0.15) is 5.82 Å². The van der Waals surface area contributed by atoms with E-state index in [4.69, 9.17) is 5.73 Å². The van der Waals surface area contributed by atoms with Crippen LogP contribution in [0, 0.1) is 11.2 Å². The molecule has 0 radical (unpaired) electrons. The summed E-state index contributed by atoms with van der Waals surface area (Å²) >= 11 is 0. The second-order valence-electron chi connectivity index (χ2n) is 9.06. The zero-order valence-electron chi connectivity index (χ0n) is 17.4. The molecule has 0 saturated carbocycles. The third-order valence-corrected chi connectivity index (χ3v) is 7.20. The van der Waals surface area contributed by atoms with Gasteiger partial charge in [-0.2, -0.15) is 0 Å². The Kier molecular flexibility index (Phi) is 4.93. The average molecular weight is 423 g/mol. The number of halogens is 1. The number of fused-ring (bicyclic) bond motifs is 1. The van der Waals surface area contributed by atoms with Crippen LogP contribution in [-0.2, 0) is 6.54 Å². The van der Waals surface area contributed by atoms with E-state index in [0.717, 1.165) is 62.1 Å². The molecular weight excluding hydrogens is 395 g/mol. The molecule has 3 heterocycles. The number of hydrogen-bond donors (Lipinski definition) is 2. The highest BCUT2D eigenvalue weighted by Crippen LogP contribution is 2.40. The van der Waals surface area contributed by atoms with Crippen LogP contribution in [0.5, 0.6) is 0 Å². The van der Waals surface area contributed by atoms with Gasteiger partial charge in [-0.15, -0.1) is 0 Å². The number of carbonyl (C=O) groups is 2. The Bertz CT molecular complexity index is 1020. The van der Waals surface area contributed by atoms with E-state index in [2.05, 4.69) is 5.32 Å². The first kappa shape index (κ1) is 20.0. The maximum atomic E-state index is 13.7. The van der Waals surface area contributed by atoms with Gasteiger partial charge in [0.05, 0.1) is 6.04 Å². The summed E-state index contributed by atoms with van der Waals surface area (Å²) in [6.07, 6.45) is 3.32. The lowest BCUT2D eigenvalue weighted by Gasteiger charge is -2.33. The molecule has 162 valence electrons. The van der Waals surface area contributed by atoms with Crippen molar-refractivity contribution in [3.05, 3.63) is 70.5 Å². The molecule has 0 aliphatic carbocycles. The van der Waals surface area contributed by atoms with Gasteiger partial charge in [0.25, 0.3) is 5.91 Å². The minimum Gasteiger partial charge on any atom is -0.351 e. The van der Waals surface area contributed by atoms with Crippen molar-refractivity contribution in [1.82, 2.24) is 15.1 Å². The molecule has 2 saturated heterocycles. The van der Waals surface area contributed by atoms with Gasteiger partial charge in [0, 0.05) is 25.2 Å². The number of piperidine rings is 1. The normalized spacial score (nSPS) is 22.0. The number of carbonyl (C=O) groups excluding carboxylic acids is 2. The standard InChI is InChI=1S/C24H27FN4O2/c25-19-5-6-20-18(13-19)14-29(23(26)31)21(20)16-1-3-17(4-2-16)22(30)28-12-9-24(15-28)7-10-27-11-8-24/h1-6,13,21,27H,7-12,14-15H2,(H2,26,31). The van der Waals surface area contributed by atoms with Gasteiger partial charge in [-0.25, -0.2) is 9.18 Å². The van der Waals surface area contributed by atoms with E-state index in [1.54, 1.807) is 6.07 Å². The number of nitrogens with one attached hydrogen (secondary N) is 1. The SMILES string of the molecule is NC(=O)N1Cc2cc(F)ccc2C1c1ccc(C(=O)N2CCC3(CCNCC3)C2)cc1. The van der Waals surface area contributed by atoms with Gasteiger partial charge >= 0.3 is 6.03 Å². The van der Waals surface area contributed by atoms with Crippen LogP contribution in [0.1, 0.15) is 52.4 Å². The number of hydrogen-bond acceptors (Lipinski definition) is 3. The Hall–Kier alpha value is -2.93. The van der Waals surface area contributed by atoms with Gasteiger partial charge in [-0.05, 0) is 78.7 Å². The number of nitrogens with zero attached hydrogens (tertiary/aromatic N) is 2. The van der Waals surface area contributed by atoms with Crippen LogP contribution in [0.25, 0.3) is 0 Å². The van der Waals surface area contributed by atoms with Crippen LogP contribution in [0.15, 0.2) is 42.5 Å². The molecule has 1 spiro atoms. The molecule has 1 unspecified atom stereocenters. The highest BCUT2D eigenvalue weighted by atomic mass is 19.1. The molecule has 2 aromatic rings. The summed E-state index contributed by atoms with van der Waals surface area (Å²) in [5, 5.41) is 3.41. The van der Waals surface area contributed by atoms with Crippen LogP contribution in [0.2, 0.25) is 0 Å². The quantitative estimate of drug-likeness (QED) is 0.781. The van der Waals surface area contributed by atoms with Crippen molar-refractivity contribution in [2.45, 2.75) is 31.8 Å². The van der Waals surface area contributed by atoms with Gasteiger partial charge in [0.15, 0.2) is 0 Å². The van der Waals surface area contributed by atoms with Gasteiger partial charge < -0.3 is 20.9 Å². The molecule has 3 N–H and O–H groups in total. The summed E-state index contributed by atoms with van der Waals surface area (Å²) in [5.41, 5.74) is 9.00. The Labute approximate surface area is 181 Å². The number of primary amides is 1. The molecule has 2 aromatic carbocycles. The fourth-order valence-corrected chi connectivity index (χ4v) is 5.45. The summed E-state index contributed by atoms with van der Waals surface area (Å²) in [6, 6.07) is 11.0. The summed E-state index contributed by atoms with van der Waals surface area (Å²) in [7, 11) is 0. The highest BCUT2D eigenvalue weighted by molar-refractivity contribution is 5.94. The van der Waals surface area contributed by atoms with Gasteiger partial charge in [-0.1, -0.05) is 18.2 Å². The van der Waals surface area contributed by atoms with Crippen molar-refractivity contribution in [2.24, 2.45) is 11.1 Å². The molecule has 31 heavy (non-hydrogen) atoms. The molecule has 0 aromatic heterocycles. The number of amides is 3. The van der Waals surface area contributed by atoms with Crippen LogP contribution in [-0.4, -0.2) is 47.9 Å². The maximum Gasteiger partial charge on any atom is 0.315 e. The third-order valence-electron chi connectivity index (χ3n) is 7.20. The van der Waals surface area contributed by atoms with E-state index < -0.39 is 6.03 Å². The molecule has 3 aliphatic rings. The topological polar surface area (TPSA) is 78.7 Å². The third kappa shape index (κ3) is 3.57. The number of rotatable bonds is 2. The maximum absolute atomic E-state index is 13.7. The first-order chi connectivity index (χ1) is 15.0. The average Bonchev–Trinajstić information content (AvgIpc) is 3.35. The summed E-state index contributed by atoms with van der Waals surface area (Å²) in [6.45, 7) is 3.96. The van der Waals surface area contributed by atoms with Crippen molar-refractivity contribution < 1.29 is 14.0 Å². The predicted molar refractivity (Wildman–Crippen MR) is 115 cm³/mol. The lowest BCUT2D eigenvalue weighted by Crippen LogP contribution is -2.39. The van der Waals surface area contributed by atoms with Crippen LogP contribution < -0.4 is 11.1 Å². The molecule has 2 fully saturated rings. The van der Waals surface area contributed by atoms with Gasteiger partial charge in [-0.3, -0.25) is 4.79 Å². The Morgan fingerprint density at radius 1 is 1.06 bits per heavy atom. The van der Waals surface area contributed by atoms with Crippen molar-refractivity contribution in [2.75, 3.05) is 26.2 Å². The molecule has 1 atom stereocenters. The summed E-state index contributed by atoms with van der Waals surface area (Å²) in [5.74, 6) is -0.274. The van der Waals surface area contributed by atoms with Crippen molar-refractivity contribution >= 4 is 11.9 Å². The summed E-state index contributed by atoms with van der Waals surface area (Å²) < 4.78 is 13.7. The number of nitrogens with two attached hydrogens (primary N) is 1. The number of urea groups is 1. The minimum absolute atomic E-state index is 0.0580. The fraction of sp³-hybridized carbons (Fsp3) is 0.417. The first-order valence-corrected chi connectivity index (χ1v) is 10.9. The fourth-order valence-electron chi connectivity index (χ4n) is 5.45. The second-order valence-corrected chi connectivity index (χ2v) is 9.06. The number of likely N-dealkylation sites (tertiary alicyclic amines) is 1. The van der Waals surface area contributed by atoms with Crippen LogP contribution in [0.3, 0.4) is 0 Å². The zero-order valence-corrected chi connectivity index (χ0v) is 17.4. The molecule has 6 nitrogen and oxygen atoms in total. The monoisotopic (exact) mass is 422 g/mol. The smallest absolute Gasteiger partial charge is 0.315 e. The molecular formula is C24H27FN4O2.